The summed E-state index contributed by atoms with van der Waals surface area (Å²) in [5.74, 6) is 0. The molecular formula is C58H37NS. The van der Waals surface area contributed by atoms with E-state index in [0.717, 1.165) is 17.1 Å². The Bertz CT molecular complexity index is 3600. The highest BCUT2D eigenvalue weighted by atomic mass is 32.1. The number of rotatable bonds is 6. The van der Waals surface area contributed by atoms with E-state index < -0.39 is 0 Å². The molecule has 12 aromatic rings. The summed E-state index contributed by atoms with van der Waals surface area (Å²) < 4.78 is 2.61. The van der Waals surface area contributed by atoms with E-state index in [1.165, 1.54) is 96.6 Å². The molecule has 0 atom stereocenters. The van der Waals surface area contributed by atoms with Crippen LogP contribution in [-0.4, -0.2) is 0 Å². The summed E-state index contributed by atoms with van der Waals surface area (Å²) in [5, 5.41) is 12.7. The van der Waals surface area contributed by atoms with E-state index in [-0.39, 0.29) is 0 Å². The van der Waals surface area contributed by atoms with Crippen molar-refractivity contribution in [2.75, 3.05) is 4.90 Å². The lowest BCUT2D eigenvalue weighted by atomic mass is 9.90. The molecule has 1 aromatic heterocycles. The fourth-order valence-corrected chi connectivity index (χ4v) is 10.6. The van der Waals surface area contributed by atoms with Crippen LogP contribution in [0, 0.1) is 0 Å². The molecule has 0 aliphatic carbocycles. The van der Waals surface area contributed by atoms with Crippen LogP contribution in [0.2, 0.25) is 0 Å². The highest BCUT2D eigenvalue weighted by Gasteiger charge is 2.20. The Morgan fingerprint density at radius 3 is 1.67 bits per heavy atom. The van der Waals surface area contributed by atoms with Gasteiger partial charge in [-0.2, -0.15) is 0 Å². The van der Waals surface area contributed by atoms with Crippen molar-refractivity contribution in [1.29, 1.82) is 0 Å². The third kappa shape index (κ3) is 5.68. The minimum atomic E-state index is 1.10. The molecule has 1 nitrogen and oxygen atoms in total. The summed E-state index contributed by atoms with van der Waals surface area (Å²) in [6.45, 7) is 0. The Labute approximate surface area is 352 Å². The van der Waals surface area contributed by atoms with Gasteiger partial charge in [-0.1, -0.05) is 170 Å². The molecule has 0 fully saturated rings. The number of hydrogen-bond donors (Lipinski definition) is 0. The van der Waals surface area contributed by atoms with Gasteiger partial charge in [0.1, 0.15) is 0 Å². The fourth-order valence-electron chi connectivity index (χ4n) is 9.38. The maximum Gasteiger partial charge on any atom is 0.0468 e. The molecule has 1 heterocycles. The third-order valence-electron chi connectivity index (χ3n) is 12.2. The summed E-state index contributed by atoms with van der Waals surface area (Å²) >= 11 is 1.89. The first-order valence-electron chi connectivity index (χ1n) is 20.6. The van der Waals surface area contributed by atoms with Crippen molar-refractivity contribution in [3.63, 3.8) is 0 Å². The van der Waals surface area contributed by atoms with Gasteiger partial charge in [0.15, 0.2) is 0 Å². The standard InChI is InChI=1S/C58H37NS/c1-2-15-43(16-3-1)59(44-31-29-40(30-32-44)55-35-41-14-5-7-18-47(41)49-19-8-9-20-50(49)55)45-33-34-48(42-28-27-39-26-25-38-13-4-6-17-46(38)54(39)36-42)56(37-45)53-23-12-22-52-51-21-10-11-24-57(51)60-58(52)53/h1-37H. The molecular weight excluding hydrogens is 743 g/mol. The summed E-state index contributed by atoms with van der Waals surface area (Å²) in [6, 6.07) is 82.6. The molecule has 0 bridgehead atoms. The van der Waals surface area contributed by atoms with E-state index in [2.05, 4.69) is 229 Å². The number of nitrogens with zero attached hydrogens (tertiary/aromatic N) is 1. The molecule has 11 aromatic carbocycles. The van der Waals surface area contributed by atoms with Crippen LogP contribution in [0.1, 0.15) is 0 Å². The minimum absolute atomic E-state index is 1.10. The zero-order chi connectivity index (χ0) is 39.6. The average molecular weight is 780 g/mol. The maximum atomic E-state index is 2.42. The quantitative estimate of drug-likeness (QED) is 0.152. The topological polar surface area (TPSA) is 3.24 Å². The van der Waals surface area contributed by atoms with E-state index in [0.29, 0.717) is 0 Å². The molecule has 0 N–H and O–H groups in total. The molecule has 2 heteroatoms. The van der Waals surface area contributed by atoms with Crippen molar-refractivity contribution in [3.05, 3.63) is 224 Å². The van der Waals surface area contributed by atoms with E-state index in [1.807, 2.05) is 11.3 Å². The molecule has 280 valence electrons. The van der Waals surface area contributed by atoms with E-state index in [4.69, 9.17) is 0 Å². The van der Waals surface area contributed by atoms with E-state index in [1.54, 1.807) is 0 Å². The van der Waals surface area contributed by atoms with E-state index >= 15 is 0 Å². The number of hydrogen-bond acceptors (Lipinski definition) is 2. The lowest BCUT2D eigenvalue weighted by Gasteiger charge is -2.27. The lowest BCUT2D eigenvalue weighted by Crippen LogP contribution is -2.10. The Morgan fingerprint density at radius 2 is 0.850 bits per heavy atom. The smallest absolute Gasteiger partial charge is 0.0468 e. The molecule has 12 rings (SSSR count). The largest absolute Gasteiger partial charge is 0.310 e. The van der Waals surface area contributed by atoms with Crippen LogP contribution >= 0.6 is 11.3 Å². The van der Waals surface area contributed by atoms with Crippen molar-refractivity contribution in [2.24, 2.45) is 0 Å². The van der Waals surface area contributed by atoms with Gasteiger partial charge < -0.3 is 4.90 Å². The Morgan fingerprint density at radius 1 is 0.267 bits per heavy atom. The molecule has 0 aliphatic heterocycles. The van der Waals surface area contributed by atoms with Crippen molar-refractivity contribution in [3.8, 4) is 33.4 Å². The van der Waals surface area contributed by atoms with Gasteiger partial charge >= 0.3 is 0 Å². The minimum Gasteiger partial charge on any atom is -0.310 e. The molecule has 0 saturated carbocycles. The number of benzene rings is 11. The molecule has 0 spiro atoms. The summed E-state index contributed by atoms with van der Waals surface area (Å²) in [7, 11) is 0. The highest BCUT2D eigenvalue weighted by Crippen LogP contribution is 2.46. The van der Waals surface area contributed by atoms with Crippen LogP contribution in [-0.2, 0) is 0 Å². The van der Waals surface area contributed by atoms with Crippen LogP contribution in [0.5, 0.6) is 0 Å². The predicted molar refractivity (Wildman–Crippen MR) is 260 cm³/mol. The Hall–Kier alpha value is -7.52. The number of para-hydroxylation sites is 1. The second kappa shape index (κ2) is 14.1. The second-order valence-electron chi connectivity index (χ2n) is 15.6. The lowest BCUT2D eigenvalue weighted by molar-refractivity contribution is 1.28. The summed E-state index contributed by atoms with van der Waals surface area (Å²) in [4.78, 5) is 2.40. The van der Waals surface area contributed by atoms with Crippen molar-refractivity contribution < 1.29 is 0 Å². The van der Waals surface area contributed by atoms with Gasteiger partial charge in [-0.15, -0.1) is 11.3 Å². The fraction of sp³-hybridized carbons (Fsp3) is 0. The first-order chi connectivity index (χ1) is 29.7. The van der Waals surface area contributed by atoms with E-state index in [9.17, 15) is 0 Å². The molecule has 60 heavy (non-hydrogen) atoms. The zero-order valence-corrected chi connectivity index (χ0v) is 33.5. The van der Waals surface area contributed by atoms with Gasteiger partial charge in [0, 0.05) is 42.8 Å². The van der Waals surface area contributed by atoms with Gasteiger partial charge in [0.2, 0.25) is 0 Å². The van der Waals surface area contributed by atoms with Gasteiger partial charge in [-0.05, 0) is 126 Å². The van der Waals surface area contributed by atoms with Gasteiger partial charge in [-0.25, -0.2) is 0 Å². The van der Waals surface area contributed by atoms with Crippen LogP contribution in [0.25, 0.3) is 96.6 Å². The van der Waals surface area contributed by atoms with Crippen LogP contribution in [0.15, 0.2) is 224 Å². The zero-order valence-electron chi connectivity index (χ0n) is 32.7. The van der Waals surface area contributed by atoms with Gasteiger partial charge in [0.05, 0.1) is 0 Å². The highest BCUT2D eigenvalue weighted by molar-refractivity contribution is 7.26. The number of anilines is 3. The van der Waals surface area contributed by atoms with Crippen LogP contribution in [0.3, 0.4) is 0 Å². The molecule has 0 unspecified atom stereocenters. The number of fused-ring (bicyclic) bond motifs is 9. The SMILES string of the molecule is c1ccc(N(c2ccc(-c3cc4ccccc4c4ccccc34)cc2)c2ccc(-c3ccc4ccc5ccccc5c4c3)c(-c3cccc4c3sc3ccccc34)c2)cc1. The molecule has 0 saturated heterocycles. The summed E-state index contributed by atoms with van der Waals surface area (Å²) in [5.41, 5.74) is 10.6. The molecule has 0 aliphatic rings. The van der Waals surface area contributed by atoms with Crippen LogP contribution < -0.4 is 4.90 Å². The Balaban J connectivity index is 1.06. The Kier molecular flexibility index (Phi) is 8.11. The molecule has 0 radical (unpaired) electrons. The first-order valence-corrected chi connectivity index (χ1v) is 21.4. The average Bonchev–Trinajstić information content (AvgIpc) is 3.71. The first kappa shape index (κ1) is 34.5. The number of thiophene rings is 1. The van der Waals surface area contributed by atoms with Gasteiger partial charge in [0.25, 0.3) is 0 Å². The van der Waals surface area contributed by atoms with Crippen molar-refractivity contribution in [2.45, 2.75) is 0 Å². The van der Waals surface area contributed by atoms with Gasteiger partial charge in [-0.3, -0.25) is 0 Å². The third-order valence-corrected chi connectivity index (χ3v) is 13.5. The van der Waals surface area contributed by atoms with Crippen molar-refractivity contribution >= 4 is 91.7 Å². The predicted octanol–water partition coefficient (Wildman–Crippen LogP) is 17.1. The normalized spacial score (nSPS) is 11.7. The molecule has 0 amide bonds. The maximum absolute atomic E-state index is 2.42. The second-order valence-corrected chi connectivity index (χ2v) is 16.7. The monoisotopic (exact) mass is 779 g/mol. The van der Waals surface area contributed by atoms with Crippen LogP contribution in [0.4, 0.5) is 17.1 Å². The summed E-state index contributed by atoms with van der Waals surface area (Å²) in [6.07, 6.45) is 0. The van der Waals surface area contributed by atoms with Crippen molar-refractivity contribution in [1.82, 2.24) is 0 Å².